The van der Waals surface area contributed by atoms with Crippen molar-refractivity contribution in [1.82, 2.24) is 20.6 Å². The Morgan fingerprint density at radius 2 is 2.42 bits per heavy atom. The van der Waals surface area contributed by atoms with Crippen molar-refractivity contribution in [3.63, 3.8) is 0 Å². The molecule has 1 aliphatic heterocycles. The van der Waals surface area contributed by atoms with Crippen LogP contribution in [0.4, 0.5) is 0 Å². The topological polar surface area (TPSA) is 69.8 Å². The van der Waals surface area contributed by atoms with Crippen LogP contribution in [0.25, 0.3) is 11.0 Å². The molecule has 0 saturated carbocycles. The number of amides is 1. The van der Waals surface area contributed by atoms with Crippen LogP contribution in [0, 0.1) is 5.92 Å². The van der Waals surface area contributed by atoms with Crippen LogP contribution in [0.3, 0.4) is 0 Å². The zero-order valence-electron chi connectivity index (χ0n) is 10.8. The third kappa shape index (κ3) is 2.76. The first kappa shape index (κ1) is 12.2. The summed E-state index contributed by atoms with van der Waals surface area (Å²) in [5.74, 6) is 0.322. The van der Waals surface area contributed by atoms with E-state index in [-0.39, 0.29) is 11.8 Å². The number of nitrogens with one attached hydrogen (secondary N) is 3. The van der Waals surface area contributed by atoms with Crippen molar-refractivity contribution in [3.8, 4) is 0 Å². The van der Waals surface area contributed by atoms with E-state index in [0.29, 0.717) is 6.54 Å². The Bertz CT molecular complexity index is 572. The molecular weight excluding hydrogens is 240 g/mol. The second-order valence-electron chi connectivity index (χ2n) is 4.98. The van der Waals surface area contributed by atoms with E-state index in [2.05, 4.69) is 32.7 Å². The highest BCUT2D eigenvalue weighted by atomic mass is 16.1. The van der Waals surface area contributed by atoms with Crippen LogP contribution in [0.15, 0.2) is 24.5 Å². The van der Waals surface area contributed by atoms with Gasteiger partial charge in [0, 0.05) is 13.1 Å². The average molecular weight is 258 g/mol. The summed E-state index contributed by atoms with van der Waals surface area (Å²) in [6, 6.07) is 6.15. The zero-order chi connectivity index (χ0) is 13.1. The molecule has 1 saturated heterocycles. The molecular formula is C14H18N4O. The molecule has 0 radical (unpaired) electrons. The van der Waals surface area contributed by atoms with Crippen LogP contribution in [0.5, 0.6) is 0 Å². The molecule has 0 spiro atoms. The van der Waals surface area contributed by atoms with Gasteiger partial charge in [-0.1, -0.05) is 6.07 Å². The normalized spacial score (nSPS) is 18.8. The maximum atomic E-state index is 11.8. The highest BCUT2D eigenvalue weighted by Crippen LogP contribution is 2.12. The van der Waals surface area contributed by atoms with Crippen LogP contribution in [-0.2, 0) is 11.2 Å². The lowest BCUT2D eigenvalue weighted by atomic mass is 10.1. The van der Waals surface area contributed by atoms with Gasteiger partial charge in [0.2, 0.25) is 5.91 Å². The van der Waals surface area contributed by atoms with Gasteiger partial charge in [0.15, 0.2) is 0 Å². The minimum Gasteiger partial charge on any atom is -0.355 e. The molecule has 1 aromatic heterocycles. The van der Waals surface area contributed by atoms with Gasteiger partial charge in [-0.3, -0.25) is 4.79 Å². The van der Waals surface area contributed by atoms with Crippen LogP contribution >= 0.6 is 0 Å². The molecule has 1 unspecified atom stereocenters. The average Bonchev–Trinajstić information content (AvgIpc) is 3.09. The van der Waals surface area contributed by atoms with Gasteiger partial charge >= 0.3 is 0 Å². The lowest BCUT2D eigenvalue weighted by Crippen LogP contribution is -2.33. The molecule has 5 heteroatoms. The smallest absolute Gasteiger partial charge is 0.224 e. The molecule has 3 N–H and O–H groups in total. The standard InChI is InChI=1S/C14H18N4O/c19-14(11-4-5-15-8-11)16-6-3-10-1-2-12-13(7-10)18-9-17-12/h1-2,7,9,11,15H,3-6,8H2,(H,16,19)(H,17,18). The fraction of sp³-hybridized carbons (Fsp3) is 0.429. The molecule has 1 aromatic carbocycles. The highest BCUT2D eigenvalue weighted by molar-refractivity contribution is 5.79. The Labute approximate surface area is 111 Å². The van der Waals surface area contributed by atoms with Gasteiger partial charge in [-0.05, 0) is 37.1 Å². The SMILES string of the molecule is O=C(NCCc1ccc2nc[nH]c2c1)C1CCNC1. The summed E-state index contributed by atoms with van der Waals surface area (Å²) in [5.41, 5.74) is 3.23. The molecule has 1 atom stereocenters. The largest absolute Gasteiger partial charge is 0.355 e. The highest BCUT2D eigenvalue weighted by Gasteiger charge is 2.21. The Morgan fingerprint density at radius 3 is 3.26 bits per heavy atom. The summed E-state index contributed by atoms with van der Waals surface area (Å²) in [6.07, 6.45) is 3.50. The first-order valence-electron chi connectivity index (χ1n) is 6.73. The van der Waals surface area contributed by atoms with Crippen LogP contribution in [0.1, 0.15) is 12.0 Å². The first-order valence-corrected chi connectivity index (χ1v) is 6.73. The molecule has 1 fully saturated rings. The van der Waals surface area contributed by atoms with Gasteiger partial charge in [0.1, 0.15) is 0 Å². The van der Waals surface area contributed by atoms with E-state index in [1.165, 1.54) is 5.56 Å². The fourth-order valence-electron chi connectivity index (χ4n) is 2.49. The number of carbonyl (C=O) groups excluding carboxylic acids is 1. The van der Waals surface area contributed by atoms with Crippen molar-refractivity contribution in [2.24, 2.45) is 5.92 Å². The number of benzene rings is 1. The van der Waals surface area contributed by atoms with E-state index in [1.807, 2.05) is 6.07 Å². The summed E-state index contributed by atoms with van der Waals surface area (Å²) in [4.78, 5) is 19.1. The lowest BCUT2D eigenvalue weighted by Gasteiger charge is -2.09. The molecule has 1 aliphatic rings. The summed E-state index contributed by atoms with van der Waals surface area (Å²) >= 11 is 0. The van der Waals surface area contributed by atoms with E-state index < -0.39 is 0 Å². The Morgan fingerprint density at radius 1 is 1.47 bits per heavy atom. The molecule has 1 amide bonds. The maximum absolute atomic E-state index is 11.8. The lowest BCUT2D eigenvalue weighted by molar-refractivity contribution is -0.124. The van der Waals surface area contributed by atoms with Gasteiger partial charge in [-0.25, -0.2) is 4.98 Å². The predicted molar refractivity (Wildman–Crippen MR) is 73.8 cm³/mol. The Hall–Kier alpha value is -1.88. The van der Waals surface area contributed by atoms with Crippen molar-refractivity contribution in [3.05, 3.63) is 30.1 Å². The number of imidazole rings is 1. The summed E-state index contributed by atoms with van der Waals surface area (Å²) in [7, 11) is 0. The molecule has 100 valence electrons. The second-order valence-corrected chi connectivity index (χ2v) is 4.98. The van der Waals surface area contributed by atoms with E-state index in [1.54, 1.807) is 6.33 Å². The maximum Gasteiger partial charge on any atom is 0.224 e. The molecule has 2 heterocycles. The molecule has 0 bridgehead atoms. The van der Waals surface area contributed by atoms with Gasteiger partial charge in [0.05, 0.1) is 23.3 Å². The zero-order valence-corrected chi connectivity index (χ0v) is 10.8. The third-order valence-corrected chi connectivity index (χ3v) is 3.63. The second kappa shape index (κ2) is 5.40. The quantitative estimate of drug-likeness (QED) is 0.761. The molecule has 2 aromatic rings. The van der Waals surface area contributed by atoms with Crippen LogP contribution < -0.4 is 10.6 Å². The number of hydrogen-bond acceptors (Lipinski definition) is 3. The number of carbonyl (C=O) groups is 1. The number of rotatable bonds is 4. The summed E-state index contributed by atoms with van der Waals surface area (Å²) < 4.78 is 0. The van der Waals surface area contributed by atoms with Crippen LogP contribution in [0.2, 0.25) is 0 Å². The number of aromatic nitrogens is 2. The van der Waals surface area contributed by atoms with E-state index in [9.17, 15) is 4.79 Å². The number of H-pyrrole nitrogens is 1. The molecule has 0 aliphatic carbocycles. The van der Waals surface area contributed by atoms with E-state index in [4.69, 9.17) is 0 Å². The molecule has 3 rings (SSSR count). The van der Waals surface area contributed by atoms with E-state index in [0.717, 1.165) is 37.0 Å². The Kier molecular flexibility index (Phi) is 3.46. The number of fused-ring (bicyclic) bond motifs is 1. The first-order chi connectivity index (χ1) is 9.33. The predicted octanol–water partition coefficient (Wildman–Crippen LogP) is 0.831. The van der Waals surface area contributed by atoms with Crippen molar-refractivity contribution in [2.45, 2.75) is 12.8 Å². The monoisotopic (exact) mass is 258 g/mol. The van der Waals surface area contributed by atoms with Gasteiger partial charge < -0.3 is 15.6 Å². The van der Waals surface area contributed by atoms with Crippen molar-refractivity contribution in [2.75, 3.05) is 19.6 Å². The van der Waals surface area contributed by atoms with Crippen LogP contribution in [-0.4, -0.2) is 35.5 Å². The Balaban J connectivity index is 1.52. The number of aromatic amines is 1. The van der Waals surface area contributed by atoms with Crippen molar-refractivity contribution >= 4 is 16.9 Å². The van der Waals surface area contributed by atoms with E-state index >= 15 is 0 Å². The summed E-state index contributed by atoms with van der Waals surface area (Å²) in [6.45, 7) is 2.45. The molecule has 19 heavy (non-hydrogen) atoms. The minimum absolute atomic E-state index is 0.148. The fourth-order valence-corrected chi connectivity index (χ4v) is 2.49. The molecule has 5 nitrogen and oxygen atoms in total. The number of hydrogen-bond donors (Lipinski definition) is 3. The third-order valence-electron chi connectivity index (χ3n) is 3.63. The summed E-state index contributed by atoms with van der Waals surface area (Å²) in [5, 5.41) is 6.22. The minimum atomic E-state index is 0.148. The van der Waals surface area contributed by atoms with Gasteiger partial charge in [-0.15, -0.1) is 0 Å². The van der Waals surface area contributed by atoms with Crippen molar-refractivity contribution < 1.29 is 4.79 Å². The van der Waals surface area contributed by atoms with Crippen molar-refractivity contribution in [1.29, 1.82) is 0 Å². The van der Waals surface area contributed by atoms with Gasteiger partial charge in [0.25, 0.3) is 0 Å². The van der Waals surface area contributed by atoms with Gasteiger partial charge in [-0.2, -0.15) is 0 Å². The number of nitrogens with zero attached hydrogens (tertiary/aromatic N) is 1.